The molecule has 0 heterocycles. The fraction of sp³-hybridized carbons (Fsp3) is 0.875. The minimum absolute atomic E-state index is 0. The topological polar surface area (TPSA) is 98.9 Å². The van der Waals surface area contributed by atoms with Gasteiger partial charge in [-0.15, -0.1) is 0 Å². The van der Waals surface area contributed by atoms with E-state index in [-0.39, 0.29) is 72.1 Å². The van der Waals surface area contributed by atoms with E-state index in [1.54, 1.807) is 0 Å². The molecule has 0 aliphatic rings. The summed E-state index contributed by atoms with van der Waals surface area (Å²) in [5.74, 6) is 3.27. The number of hydrazine groups is 1. The van der Waals surface area contributed by atoms with Crippen molar-refractivity contribution in [2.75, 3.05) is 19.7 Å². The Hall–Kier alpha value is 0.530. The van der Waals surface area contributed by atoms with Crippen molar-refractivity contribution in [1.82, 2.24) is 5.01 Å². The maximum atomic E-state index is 11.6. The van der Waals surface area contributed by atoms with Gasteiger partial charge in [-0.05, 0) is 12.3 Å². The molecule has 0 aliphatic heterocycles. The zero-order valence-electron chi connectivity index (χ0n) is 20.2. The molecule has 7 nitrogen and oxygen atoms in total. The Balaban J connectivity index is -0.00000450. The van der Waals surface area contributed by atoms with Crippen LogP contribution in [-0.4, -0.2) is 102 Å². The van der Waals surface area contributed by atoms with E-state index in [0.29, 0.717) is 19.5 Å². The summed E-state index contributed by atoms with van der Waals surface area (Å²) < 4.78 is 9.24. The number of unbranched alkanes of at least 4 members (excludes halogenated alkanes) is 11. The summed E-state index contributed by atoms with van der Waals surface area (Å²) in [7, 11) is 0. The monoisotopic (exact) mass is 490 g/mol. The molecule has 186 valence electrons. The number of nitrogens with zero attached hydrogens (tertiary/aromatic N) is 1. The third-order valence-corrected chi connectivity index (χ3v) is 5.30. The molecule has 0 saturated carbocycles. The van der Waals surface area contributed by atoms with Crippen molar-refractivity contribution >= 4 is 77.0 Å². The molecule has 9 heteroatoms. The van der Waals surface area contributed by atoms with Crippen LogP contribution in [-0.2, 0) is 23.9 Å². The van der Waals surface area contributed by atoms with Crippen LogP contribution >= 0.6 is 0 Å². The third-order valence-electron chi connectivity index (χ3n) is 5.30. The van der Waals surface area contributed by atoms with Gasteiger partial charge in [0.25, 0.3) is 0 Å². The molecule has 0 aromatic carbocycles. The van der Waals surface area contributed by atoms with E-state index in [4.69, 9.17) is 10.6 Å². The molecule has 0 fully saturated rings. The predicted octanol–water partition coefficient (Wildman–Crippen LogP) is 3.62. The Labute approximate surface area is 246 Å². The molecule has 33 heavy (non-hydrogen) atoms. The molecule has 0 atom stereocenters. The van der Waals surface area contributed by atoms with Gasteiger partial charge in [0.1, 0.15) is 6.61 Å². The van der Waals surface area contributed by atoms with Crippen molar-refractivity contribution in [3.63, 3.8) is 0 Å². The second kappa shape index (κ2) is 27.1. The number of likely N-dealkylation sites (N-methyl/N-ethyl adjacent to an activating group) is 1. The van der Waals surface area contributed by atoms with Crippen LogP contribution in [0.25, 0.3) is 0 Å². The number of hydrogen-bond acceptors (Lipinski definition) is 7. The Bertz CT molecular complexity index is 493. The van der Waals surface area contributed by atoms with Crippen molar-refractivity contribution in [3.8, 4) is 0 Å². The van der Waals surface area contributed by atoms with E-state index in [9.17, 15) is 14.4 Å². The molecule has 0 spiro atoms. The molecule has 0 aromatic heterocycles. The van der Waals surface area contributed by atoms with E-state index in [0.717, 1.165) is 18.8 Å². The number of hydrogen-bond donors (Lipinski definition) is 1. The number of rotatable bonds is 19. The van der Waals surface area contributed by atoms with Gasteiger partial charge in [0, 0.05) is 19.5 Å². The van der Waals surface area contributed by atoms with Crippen molar-refractivity contribution in [3.05, 3.63) is 0 Å². The van der Waals surface area contributed by atoms with Gasteiger partial charge in [-0.2, -0.15) is 0 Å². The van der Waals surface area contributed by atoms with Crippen LogP contribution < -0.4 is 5.84 Å². The third kappa shape index (κ3) is 27.0. The number of carbonyl (C=O) groups is 3. The first kappa shape index (κ1) is 38.1. The predicted molar refractivity (Wildman–Crippen MR) is 137 cm³/mol. The van der Waals surface area contributed by atoms with E-state index >= 15 is 0 Å². The first-order valence-corrected chi connectivity index (χ1v) is 12.3. The average molecular weight is 491 g/mol. The van der Waals surface area contributed by atoms with Gasteiger partial charge in [0.2, 0.25) is 0 Å². The van der Waals surface area contributed by atoms with Crippen LogP contribution in [0.2, 0.25) is 0 Å². The van der Waals surface area contributed by atoms with Crippen LogP contribution in [0.1, 0.15) is 111 Å². The summed E-state index contributed by atoms with van der Waals surface area (Å²) in [6.45, 7) is 7.31. The van der Waals surface area contributed by atoms with E-state index in [2.05, 4.69) is 18.6 Å². The number of nitrogens with two attached hydrogens (primary N) is 1. The fourth-order valence-electron chi connectivity index (χ4n) is 3.26. The summed E-state index contributed by atoms with van der Waals surface area (Å²) in [4.78, 5) is 34.6. The van der Waals surface area contributed by atoms with E-state index in [1.165, 1.54) is 69.2 Å². The number of ether oxygens (including phenoxy) is 2. The zero-order valence-corrected chi connectivity index (χ0v) is 20.2. The maximum absolute atomic E-state index is 11.6. The van der Waals surface area contributed by atoms with Crippen molar-refractivity contribution in [2.45, 2.75) is 111 Å². The number of carbonyl (C=O) groups excluding carboxylic acids is 3. The standard InChI is InChI=1S/C24H46N2O5.2Na.2H/c1-4-26(25)19-20-30-23(28)24(29)31-22(27)18-16-14-12-10-8-6-5-7-9-11-13-15-17-21(2)3;;;;/h21H,4-20,25H2,1-3H3;;;;. The molecule has 0 unspecified atom stereocenters. The second-order valence-corrected chi connectivity index (χ2v) is 8.70. The van der Waals surface area contributed by atoms with Crippen LogP contribution in [0.4, 0.5) is 0 Å². The summed E-state index contributed by atoms with van der Waals surface area (Å²) in [5, 5.41) is 1.44. The Morgan fingerprint density at radius 3 is 1.67 bits per heavy atom. The summed E-state index contributed by atoms with van der Waals surface area (Å²) in [5.41, 5.74) is 0. The summed E-state index contributed by atoms with van der Waals surface area (Å²) in [6, 6.07) is 0. The van der Waals surface area contributed by atoms with Crippen molar-refractivity contribution in [2.24, 2.45) is 11.8 Å². The summed E-state index contributed by atoms with van der Waals surface area (Å²) >= 11 is 0. The van der Waals surface area contributed by atoms with Crippen LogP contribution in [0.15, 0.2) is 0 Å². The van der Waals surface area contributed by atoms with E-state index < -0.39 is 17.9 Å². The SMILES string of the molecule is CCN(N)CCOC(=O)C(=O)OC(=O)CCCCCCCCCCCCCCC(C)C.[NaH].[NaH]. The first-order valence-electron chi connectivity index (χ1n) is 12.3. The average Bonchev–Trinajstić information content (AvgIpc) is 2.73. The molecular formula is C24H48N2Na2O5. The molecule has 0 amide bonds. The van der Waals surface area contributed by atoms with Gasteiger partial charge in [0.15, 0.2) is 0 Å². The van der Waals surface area contributed by atoms with Gasteiger partial charge in [0.05, 0.1) is 0 Å². The van der Waals surface area contributed by atoms with Crippen molar-refractivity contribution in [1.29, 1.82) is 0 Å². The summed E-state index contributed by atoms with van der Waals surface area (Å²) in [6.07, 6.45) is 16.0. The molecule has 0 saturated heterocycles. The Morgan fingerprint density at radius 1 is 0.758 bits per heavy atom. The molecule has 0 radical (unpaired) electrons. The normalized spacial score (nSPS) is 10.5. The fourth-order valence-corrected chi connectivity index (χ4v) is 3.26. The van der Waals surface area contributed by atoms with E-state index in [1.807, 2.05) is 6.92 Å². The quantitative estimate of drug-likeness (QED) is 0.0562. The van der Waals surface area contributed by atoms with Gasteiger partial charge in [-0.25, -0.2) is 14.6 Å². The van der Waals surface area contributed by atoms with Crippen LogP contribution in [0.3, 0.4) is 0 Å². The van der Waals surface area contributed by atoms with Crippen LogP contribution in [0.5, 0.6) is 0 Å². The molecule has 0 aliphatic carbocycles. The molecule has 0 rings (SSSR count). The Kier molecular flexibility index (Phi) is 31.3. The van der Waals surface area contributed by atoms with Crippen LogP contribution in [0, 0.1) is 5.92 Å². The van der Waals surface area contributed by atoms with Gasteiger partial charge in [-0.1, -0.05) is 97.8 Å². The molecule has 0 bridgehead atoms. The minimum atomic E-state index is -1.26. The van der Waals surface area contributed by atoms with Crippen molar-refractivity contribution < 1.29 is 23.9 Å². The Morgan fingerprint density at radius 2 is 1.21 bits per heavy atom. The molecular weight excluding hydrogens is 442 g/mol. The number of esters is 3. The van der Waals surface area contributed by atoms with Gasteiger partial charge >= 0.3 is 77.0 Å². The van der Waals surface area contributed by atoms with Gasteiger partial charge in [-0.3, -0.25) is 10.6 Å². The molecule has 0 aromatic rings. The first-order chi connectivity index (χ1) is 14.9. The van der Waals surface area contributed by atoms with Gasteiger partial charge < -0.3 is 9.47 Å². The zero-order chi connectivity index (χ0) is 23.3. The molecule has 2 N–H and O–H groups in total. The second-order valence-electron chi connectivity index (χ2n) is 8.70.